The number of nitrogens with zero attached hydrogens (tertiary/aromatic N) is 5. The number of aromatic nitrogens is 4. The van der Waals surface area contributed by atoms with Gasteiger partial charge in [-0.15, -0.1) is 0 Å². The number of carbonyl (C=O) groups is 1. The molecular weight excluding hydrogens is 447 g/mol. The monoisotopic (exact) mass is 468 g/mol. The van der Waals surface area contributed by atoms with Crippen LogP contribution < -0.4 is 10.1 Å². The molecule has 8 nitrogen and oxygen atoms in total. The topological polar surface area (TPSA) is 85.2 Å². The molecule has 0 bridgehead atoms. The van der Waals surface area contributed by atoms with Crippen LogP contribution >= 0.6 is 11.6 Å². The highest BCUT2D eigenvalue weighted by molar-refractivity contribution is 6.31. The third-order valence-corrected chi connectivity index (χ3v) is 5.59. The Bertz CT molecular complexity index is 1310. The van der Waals surface area contributed by atoms with Gasteiger partial charge >= 0.3 is 6.03 Å². The van der Waals surface area contributed by atoms with E-state index in [0.717, 1.165) is 16.3 Å². The number of carbonyl (C=O) groups excluding carboxylic acids is 1. The highest BCUT2D eigenvalue weighted by Gasteiger charge is 2.21. The normalized spacial score (nSPS) is 11.9. The summed E-state index contributed by atoms with van der Waals surface area (Å²) in [4.78, 5) is 23.0. The van der Waals surface area contributed by atoms with Gasteiger partial charge in [0.05, 0.1) is 11.1 Å². The molecule has 170 valence electrons. The number of urea groups is 1. The number of aryl methyl sites for hydroxylation is 1. The van der Waals surface area contributed by atoms with Crippen molar-refractivity contribution in [2.45, 2.75) is 19.6 Å². The van der Waals surface area contributed by atoms with Crippen LogP contribution in [0, 0.1) is 5.82 Å². The molecule has 33 heavy (non-hydrogen) atoms. The molecule has 2 aromatic carbocycles. The number of hydrogen-bond donors (Lipinski definition) is 1. The van der Waals surface area contributed by atoms with Gasteiger partial charge < -0.3 is 15.0 Å². The lowest BCUT2D eigenvalue weighted by Crippen LogP contribution is -2.33. The van der Waals surface area contributed by atoms with Crippen LogP contribution in [-0.4, -0.2) is 37.7 Å². The maximum Gasteiger partial charge on any atom is 0.322 e. The van der Waals surface area contributed by atoms with E-state index in [1.807, 2.05) is 31.2 Å². The summed E-state index contributed by atoms with van der Waals surface area (Å²) in [6.45, 7) is 2.09. The molecule has 2 aromatic heterocycles. The highest BCUT2D eigenvalue weighted by atomic mass is 35.5. The minimum Gasteiger partial charge on any atom is -0.469 e. The van der Waals surface area contributed by atoms with E-state index < -0.39 is 5.82 Å². The van der Waals surface area contributed by atoms with Gasteiger partial charge in [-0.05, 0) is 36.6 Å². The number of amides is 2. The molecule has 0 saturated carbocycles. The number of pyridine rings is 1. The van der Waals surface area contributed by atoms with E-state index in [-0.39, 0.29) is 23.7 Å². The van der Waals surface area contributed by atoms with Gasteiger partial charge in [0.25, 0.3) is 0 Å². The summed E-state index contributed by atoms with van der Waals surface area (Å²) in [5.41, 5.74) is 1.25. The molecule has 0 saturated heterocycles. The van der Waals surface area contributed by atoms with Crippen LogP contribution in [0.25, 0.3) is 10.8 Å². The Balaban J connectivity index is 1.55. The average molecular weight is 469 g/mol. The number of benzene rings is 2. The van der Waals surface area contributed by atoms with Crippen molar-refractivity contribution < 1.29 is 13.9 Å². The minimum atomic E-state index is -0.546. The van der Waals surface area contributed by atoms with Crippen molar-refractivity contribution >= 4 is 34.1 Å². The maximum atomic E-state index is 13.4. The average Bonchev–Trinajstić information content (AvgIpc) is 3.23. The van der Waals surface area contributed by atoms with E-state index in [4.69, 9.17) is 16.3 Å². The standard InChI is InChI=1S/C23H22ClFN6O2/c1-14(31(3)23(32)28-15-8-9-20(25)19(24)10-15)18-11-26-22(17-7-5-4-6-16(17)18)33-12-21-27-13-30(2)29-21/h4-11,13-14H,12H2,1-3H3,(H,28,32)/t14-/m1/s1. The number of nitrogens with one attached hydrogen (secondary N) is 1. The molecule has 10 heteroatoms. The molecule has 0 radical (unpaired) electrons. The van der Waals surface area contributed by atoms with Gasteiger partial charge in [-0.3, -0.25) is 4.68 Å². The molecule has 1 atom stereocenters. The Morgan fingerprint density at radius 1 is 1.24 bits per heavy atom. The van der Waals surface area contributed by atoms with E-state index >= 15 is 0 Å². The first-order valence-electron chi connectivity index (χ1n) is 10.2. The summed E-state index contributed by atoms with van der Waals surface area (Å²) < 4.78 is 20.9. The van der Waals surface area contributed by atoms with E-state index in [9.17, 15) is 9.18 Å². The van der Waals surface area contributed by atoms with Crippen LogP contribution in [0.2, 0.25) is 5.02 Å². The Morgan fingerprint density at radius 2 is 2.00 bits per heavy atom. The number of ether oxygens (including phenoxy) is 1. The zero-order valence-corrected chi connectivity index (χ0v) is 19.0. The van der Waals surface area contributed by atoms with E-state index in [2.05, 4.69) is 20.4 Å². The molecule has 1 N–H and O–H groups in total. The van der Waals surface area contributed by atoms with E-state index in [1.54, 1.807) is 36.2 Å². The third kappa shape index (κ3) is 4.88. The molecule has 2 amide bonds. The van der Waals surface area contributed by atoms with Crippen LogP contribution in [0.4, 0.5) is 14.9 Å². The van der Waals surface area contributed by atoms with Gasteiger partial charge in [0.2, 0.25) is 5.88 Å². The summed E-state index contributed by atoms with van der Waals surface area (Å²) in [7, 11) is 3.47. The van der Waals surface area contributed by atoms with Crippen LogP contribution in [0.1, 0.15) is 24.4 Å². The van der Waals surface area contributed by atoms with Gasteiger partial charge in [-0.1, -0.05) is 29.8 Å². The van der Waals surface area contributed by atoms with Crippen LogP contribution in [-0.2, 0) is 13.7 Å². The molecule has 2 heterocycles. The Labute approximate surface area is 195 Å². The van der Waals surface area contributed by atoms with E-state index in [0.29, 0.717) is 17.4 Å². The Kier molecular flexibility index (Phi) is 6.41. The van der Waals surface area contributed by atoms with Crippen molar-refractivity contribution in [2.75, 3.05) is 12.4 Å². The fourth-order valence-electron chi connectivity index (χ4n) is 3.39. The molecule has 0 unspecified atom stereocenters. The Hall–Kier alpha value is -3.72. The summed E-state index contributed by atoms with van der Waals surface area (Å²) >= 11 is 5.81. The maximum absolute atomic E-state index is 13.4. The molecule has 0 aliphatic heterocycles. The summed E-state index contributed by atoms with van der Waals surface area (Å²) in [5, 5.41) is 8.61. The quantitative estimate of drug-likeness (QED) is 0.432. The largest absolute Gasteiger partial charge is 0.469 e. The first-order valence-corrected chi connectivity index (χ1v) is 10.5. The van der Waals surface area contributed by atoms with Gasteiger partial charge in [-0.25, -0.2) is 19.2 Å². The van der Waals surface area contributed by atoms with Crippen molar-refractivity contribution in [1.82, 2.24) is 24.6 Å². The van der Waals surface area contributed by atoms with Gasteiger partial charge in [0.15, 0.2) is 12.4 Å². The predicted octanol–water partition coefficient (Wildman–Crippen LogP) is 4.96. The van der Waals surface area contributed by atoms with Gasteiger partial charge in [0, 0.05) is 36.9 Å². The lowest BCUT2D eigenvalue weighted by Gasteiger charge is -2.26. The molecule has 4 rings (SSSR count). The molecule has 0 spiro atoms. The number of halogens is 2. The van der Waals surface area contributed by atoms with Crippen molar-refractivity contribution in [2.24, 2.45) is 7.05 Å². The van der Waals surface area contributed by atoms with Crippen molar-refractivity contribution in [3.05, 3.63) is 77.2 Å². The fraction of sp³-hybridized carbons (Fsp3) is 0.217. The van der Waals surface area contributed by atoms with Gasteiger partial charge in [0.1, 0.15) is 12.1 Å². The highest BCUT2D eigenvalue weighted by Crippen LogP contribution is 2.32. The van der Waals surface area contributed by atoms with Crippen LogP contribution in [0.5, 0.6) is 5.88 Å². The summed E-state index contributed by atoms with van der Waals surface area (Å²) in [6, 6.07) is 11.0. The summed E-state index contributed by atoms with van der Waals surface area (Å²) in [6.07, 6.45) is 3.31. The molecule has 0 aliphatic carbocycles. The molecule has 4 aromatic rings. The minimum absolute atomic E-state index is 0.0600. The second kappa shape index (κ2) is 9.41. The number of anilines is 1. The third-order valence-electron chi connectivity index (χ3n) is 5.30. The van der Waals surface area contributed by atoms with Gasteiger partial charge in [-0.2, -0.15) is 5.10 Å². The van der Waals surface area contributed by atoms with E-state index in [1.165, 1.54) is 18.2 Å². The summed E-state index contributed by atoms with van der Waals surface area (Å²) in [5.74, 6) is 0.468. The van der Waals surface area contributed by atoms with Crippen molar-refractivity contribution in [1.29, 1.82) is 0 Å². The molecular formula is C23H22ClFN6O2. The molecule has 0 aliphatic rings. The zero-order valence-electron chi connectivity index (χ0n) is 18.3. The molecule has 0 fully saturated rings. The fourth-order valence-corrected chi connectivity index (χ4v) is 3.57. The van der Waals surface area contributed by atoms with Crippen molar-refractivity contribution in [3.8, 4) is 5.88 Å². The Morgan fingerprint density at radius 3 is 2.70 bits per heavy atom. The SMILES string of the molecule is C[C@H](c1cnc(OCc2ncn(C)n2)c2ccccc12)N(C)C(=O)Nc1ccc(F)c(Cl)c1. The second-order valence-corrected chi connectivity index (χ2v) is 7.94. The van der Waals surface area contributed by atoms with Crippen LogP contribution in [0.3, 0.4) is 0 Å². The number of hydrogen-bond acceptors (Lipinski definition) is 5. The smallest absolute Gasteiger partial charge is 0.322 e. The number of fused-ring (bicyclic) bond motifs is 1. The lowest BCUT2D eigenvalue weighted by molar-refractivity contribution is 0.208. The zero-order chi connectivity index (χ0) is 23.5. The first kappa shape index (κ1) is 22.5. The van der Waals surface area contributed by atoms with Crippen molar-refractivity contribution in [3.63, 3.8) is 0 Å². The lowest BCUT2D eigenvalue weighted by atomic mass is 10.0. The first-order chi connectivity index (χ1) is 15.8. The second-order valence-electron chi connectivity index (χ2n) is 7.53. The predicted molar refractivity (Wildman–Crippen MR) is 124 cm³/mol. The number of rotatable bonds is 6. The van der Waals surface area contributed by atoms with Crippen LogP contribution in [0.15, 0.2) is 55.0 Å².